The van der Waals surface area contributed by atoms with E-state index in [0.29, 0.717) is 6.54 Å². The van der Waals surface area contributed by atoms with Gasteiger partial charge in [-0.3, -0.25) is 4.79 Å². The number of carbonyl (C=O) groups excluding carboxylic acids is 1. The molecule has 0 aliphatic carbocycles. The molecule has 1 aromatic carbocycles. The fraction of sp³-hybridized carbons (Fsp3) is 0.533. The fourth-order valence-electron chi connectivity index (χ4n) is 2.35. The van der Waals surface area contributed by atoms with Gasteiger partial charge in [-0.2, -0.15) is 0 Å². The highest BCUT2D eigenvalue weighted by Crippen LogP contribution is 2.19. The van der Waals surface area contributed by atoms with Crippen LogP contribution in [0.15, 0.2) is 24.3 Å². The van der Waals surface area contributed by atoms with E-state index in [4.69, 9.17) is 9.84 Å². The molecule has 0 bridgehead atoms. The normalized spacial score (nSPS) is 16.2. The minimum atomic E-state index is 0.0479. The molecule has 0 atom stereocenters. The monoisotopic (exact) mass is 278 g/mol. The van der Waals surface area contributed by atoms with Gasteiger partial charge in [-0.05, 0) is 24.7 Å². The van der Waals surface area contributed by atoms with Crippen LogP contribution < -0.4 is 10.1 Å². The van der Waals surface area contributed by atoms with Crippen LogP contribution in [0.4, 0.5) is 0 Å². The summed E-state index contributed by atoms with van der Waals surface area (Å²) in [5.41, 5.74) is 0.879. The van der Waals surface area contributed by atoms with E-state index >= 15 is 0 Å². The number of likely N-dealkylation sites (tertiary alicyclic amines) is 1. The van der Waals surface area contributed by atoms with Crippen molar-refractivity contribution in [3.8, 4) is 5.75 Å². The molecule has 2 N–H and O–H groups in total. The van der Waals surface area contributed by atoms with Gasteiger partial charge in [0.25, 0.3) is 0 Å². The van der Waals surface area contributed by atoms with Crippen molar-refractivity contribution in [3.05, 3.63) is 29.8 Å². The highest BCUT2D eigenvalue weighted by atomic mass is 16.5. The van der Waals surface area contributed by atoms with E-state index in [9.17, 15) is 4.79 Å². The molecule has 5 nitrogen and oxygen atoms in total. The second kappa shape index (κ2) is 7.26. The molecule has 1 amide bonds. The number of nitrogens with one attached hydrogen (secondary N) is 1. The summed E-state index contributed by atoms with van der Waals surface area (Å²) in [6.07, 6.45) is 1.88. The number of benzene rings is 1. The number of nitrogens with zero attached hydrogens (tertiary/aromatic N) is 1. The number of carbonyl (C=O) groups is 1. The Morgan fingerprint density at radius 2 is 2.00 bits per heavy atom. The largest absolute Gasteiger partial charge is 0.490 e. The minimum absolute atomic E-state index is 0.0479. The quantitative estimate of drug-likeness (QED) is 0.835. The van der Waals surface area contributed by atoms with E-state index in [1.54, 1.807) is 7.05 Å². The zero-order valence-electron chi connectivity index (χ0n) is 11.8. The van der Waals surface area contributed by atoms with Gasteiger partial charge in [-0.15, -0.1) is 0 Å². The summed E-state index contributed by atoms with van der Waals surface area (Å²) < 4.78 is 5.91. The zero-order valence-corrected chi connectivity index (χ0v) is 11.8. The molecule has 1 aliphatic rings. The number of hydrogen-bond donors (Lipinski definition) is 2. The van der Waals surface area contributed by atoms with Crippen molar-refractivity contribution >= 4 is 5.91 Å². The van der Waals surface area contributed by atoms with Crippen molar-refractivity contribution in [2.45, 2.75) is 25.6 Å². The Hall–Kier alpha value is -1.59. The summed E-state index contributed by atoms with van der Waals surface area (Å²) in [7, 11) is 1.78. The van der Waals surface area contributed by atoms with Crippen molar-refractivity contribution in [2.24, 2.45) is 0 Å². The van der Waals surface area contributed by atoms with Gasteiger partial charge in [0.2, 0.25) is 5.91 Å². The number of aliphatic hydroxyl groups is 1. The predicted molar refractivity (Wildman–Crippen MR) is 76.5 cm³/mol. The summed E-state index contributed by atoms with van der Waals surface area (Å²) in [5, 5.41) is 11.9. The lowest BCUT2D eigenvalue weighted by atomic mass is 10.1. The highest BCUT2D eigenvalue weighted by Gasteiger charge is 2.23. The molecule has 1 heterocycles. The van der Waals surface area contributed by atoms with Crippen molar-refractivity contribution in [1.29, 1.82) is 0 Å². The van der Waals surface area contributed by atoms with Gasteiger partial charge in [-0.1, -0.05) is 12.1 Å². The summed E-state index contributed by atoms with van der Waals surface area (Å²) >= 11 is 0. The molecule has 1 saturated heterocycles. The average molecular weight is 278 g/mol. The van der Waals surface area contributed by atoms with E-state index < -0.39 is 0 Å². The second-order valence-corrected chi connectivity index (χ2v) is 5.03. The fourth-order valence-corrected chi connectivity index (χ4v) is 2.35. The number of hydrogen-bond acceptors (Lipinski definition) is 4. The van der Waals surface area contributed by atoms with Crippen molar-refractivity contribution in [1.82, 2.24) is 10.2 Å². The molecule has 0 radical (unpaired) electrons. The minimum Gasteiger partial charge on any atom is -0.490 e. The van der Waals surface area contributed by atoms with Crippen LogP contribution in [0.5, 0.6) is 5.75 Å². The molecule has 0 aromatic heterocycles. The summed E-state index contributed by atoms with van der Waals surface area (Å²) in [5.74, 6) is 0.973. The van der Waals surface area contributed by atoms with Crippen LogP contribution in [0.3, 0.4) is 0 Å². The van der Waals surface area contributed by atoms with Crippen molar-refractivity contribution < 1.29 is 14.6 Å². The average Bonchev–Trinajstić information content (AvgIpc) is 2.49. The van der Waals surface area contributed by atoms with Crippen LogP contribution >= 0.6 is 0 Å². The van der Waals surface area contributed by atoms with Crippen molar-refractivity contribution in [2.75, 3.05) is 26.7 Å². The van der Waals surface area contributed by atoms with Crippen LogP contribution in [0.2, 0.25) is 0 Å². The van der Waals surface area contributed by atoms with Gasteiger partial charge in [0.1, 0.15) is 11.9 Å². The molecular formula is C15H22N2O3. The molecule has 0 saturated carbocycles. The summed E-state index contributed by atoms with van der Waals surface area (Å²) in [4.78, 5) is 13.6. The Labute approximate surface area is 119 Å². The first kappa shape index (κ1) is 14.8. The van der Waals surface area contributed by atoms with Crippen LogP contribution in [0.25, 0.3) is 0 Å². The van der Waals surface area contributed by atoms with E-state index in [1.165, 1.54) is 0 Å². The third kappa shape index (κ3) is 3.95. The van der Waals surface area contributed by atoms with E-state index in [2.05, 4.69) is 5.32 Å². The lowest BCUT2D eigenvalue weighted by Gasteiger charge is -2.32. The van der Waals surface area contributed by atoms with Gasteiger partial charge in [0.05, 0.1) is 13.2 Å². The molecular weight excluding hydrogens is 256 g/mol. The molecule has 110 valence electrons. The second-order valence-electron chi connectivity index (χ2n) is 5.03. The number of likely N-dealkylation sites (N-methyl/N-ethyl adjacent to an activating group) is 1. The Bertz CT molecular complexity index is 425. The Kier molecular flexibility index (Phi) is 5.38. The van der Waals surface area contributed by atoms with Crippen LogP contribution in [0, 0.1) is 0 Å². The molecule has 5 heteroatoms. The first-order valence-electron chi connectivity index (χ1n) is 7.01. The summed E-state index contributed by atoms with van der Waals surface area (Å²) in [6.45, 7) is 1.94. The lowest BCUT2D eigenvalue weighted by Crippen LogP contribution is -2.44. The van der Waals surface area contributed by atoms with Gasteiger partial charge in [-0.25, -0.2) is 0 Å². The number of rotatable bonds is 5. The molecule has 1 aromatic rings. The Morgan fingerprint density at radius 3 is 2.55 bits per heavy atom. The highest BCUT2D eigenvalue weighted by molar-refractivity contribution is 5.78. The molecule has 0 unspecified atom stereocenters. The number of aliphatic hydroxyl groups excluding tert-OH is 1. The molecule has 20 heavy (non-hydrogen) atoms. The van der Waals surface area contributed by atoms with Gasteiger partial charge in [0, 0.05) is 25.9 Å². The van der Waals surface area contributed by atoms with E-state index in [1.807, 2.05) is 29.2 Å². The van der Waals surface area contributed by atoms with E-state index in [0.717, 1.165) is 37.2 Å². The maximum atomic E-state index is 11.7. The first-order chi connectivity index (χ1) is 9.72. The number of ether oxygens (including phenoxy) is 1. The van der Waals surface area contributed by atoms with Gasteiger partial charge >= 0.3 is 0 Å². The smallest absolute Gasteiger partial charge is 0.236 e. The standard InChI is InChI=1S/C15H22N2O3/c1-16-10-15(19)17-8-6-14(7-9-17)20-13-4-2-12(11-18)3-5-13/h2-5,14,16,18H,6-11H2,1H3. The van der Waals surface area contributed by atoms with Crippen LogP contribution in [-0.4, -0.2) is 48.7 Å². The predicted octanol–water partition coefficient (Wildman–Crippen LogP) is 0.768. The summed E-state index contributed by atoms with van der Waals surface area (Å²) in [6, 6.07) is 7.48. The Morgan fingerprint density at radius 1 is 1.35 bits per heavy atom. The van der Waals surface area contributed by atoms with Crippen LogP contribution in [-0.2, 0) is 11.4 Å². The molecule has 0 spiro atoms. The van der Waals surface area contributed by atoms with Crippen LogP contribution in [0.1, 0.15) is 18.4 Å². The third-order valence-electron chi connectivity index (χ3n) is 3.53. The lowest BCUT2D eigenvalue weighted by molar-refractivity contribution is -0.131. The number of piperidine rings is 1. The maximum absolute atomic E-state index is 11.7. The zero-order chi connectivity index (χ0) is 14.4. The third-order valence-corrected chi connectivity index (χ3v) is 3.53. The maximum Gasteiger partial charge on any atom is 0.236 e. The van der Waals surface area contributed by atoms with E-state index in [-0.39, 0.29) is 18.6 Å². The number of amides is 1. The molecule has 1 fully saturated rings. The molecule has 1 aliphatic heterocycles. The molecule has 2 rings (SSSR count). The SMILES string of the molecule is CNCC(=O)N1CCC(Oc2ccc(CO)cc2)CC1. The Balaban J connectivity index is 1.80. The van der Waals surface area contributed by atoms with Gasteiger partial charge in [0.15, 0.2) is 0 Å². The first-order valence-corrected chi connectivity index (χ1v) is 7.01. The van der Waals surface area contributed by atoms with Crippen molar-refractivity contribution in [3.63, 3.8) is 0 Å². The van der Waals surface area contributed by atoms with Gasteiger partial charge < -0.3 is 20.1 Å². The topological polar surface area (TPSA) is 61.8 Å².